The molecule has 0 aliphatic carbocycles. The Bertz CT molecular complexity index is 1310. The highest BCUT2D eigenvalue weighted by Crippen LogP contribution is 2.36. The van der Waals surface area contributed by atoms with Gasteiger partial charge in [0.15, 0.2) is 5.17 Å². The third-order valence-electron chi connectivity index (χ3n) is 5.77. The molecule has 2 aliphatic rings. The van der Waals surface area contributed by atoms with Crippen LogP contribution in [0.3, 0.4) is 0 Å². The zero-order chi connectivity index (χ0) is 24.5. The smallest absolute Gasteiger partial charge is 0.286 e. The normalized spacial score (nSPS) is 21.5. The molecule has 180 valence electrons. The second-order valence-corrected chi connectivity index (χ2v) is 10.4. The van der Waals surface area contributed by atoms with Gasteiger partial charge in [-0.05, 0) is 77.9 Å². The molecule has 0 bridgehead atoms. The summed E-state index contributed by atoms with van der Waals surface area (Å²) in [5, 5.41) is 5.60. The van der Waals surface area contributed by atoms with Crippen LogP contribution in [-0.2, 0) is 9.53 Å². The number of halogens is 1. The Kier molecular flexibility index (Phi) is 6.82. The van der Waals surface area contributed by atoms with Crippen LogP contribution in [0.1, 0.15) is 19.4 Å². The Morgan fingerprint density at radius 3 is 2.57 bits per heavy atom. The average molecular weight is 553 g/mol. The highest BCUT2D eigenvalue weighted by molar-refractivity contribution is 9.10. The van der Waals surface area contributed by atoms with Crippen LogP contribution in [0.4, 0.5) is 0 Å². The number of thioether (sulfide) groups is 1. The Hall–Kier alpha value is -2.88. The number of amides is 1. The van der Waals surface area contributed by atoms with E-state index in [1.54, 1.807) is 7.11 Å². The predicted molar refractivity (Wildman–Crippen MR) is 143 cm³/mol. The third kappa shape index (κ3) is 5.07. The molecule has 0 saturated carbocycles. The molecule has 2 aromatic carbocycles. The first kappa shape index (κ1) is 23.8. The minimum atomic E-state index is -0.230. The summed E-state index contributed by atoms with van der Waals surface area (Å²) in [6.07, 6.45) is 4.01. The second-order valence-electron chi connectivity index (χ2n) is 8.53. The molecule has 1 amide bonds. The van der Waals surface area contributed by atoms with E-state index in [0.717, 1.165) is 37.9 Å². The summed E-state index contributed by atoms with van der Waals surface area (Å²) >= 11 is 4.98. The quantitative estimate of drug-likeness (QED) is 0.404. The number of hydrogen-bond acceptors (Lipinski definition) is 6. The van der Waals surface area contributed by atoms with Gasteiger partial charge < -0.3 is 14.4 Å². The highest BCUT2D eigenvalue weighted by Gasteiger charge is 2.31. The molecule has 1 aromatic heterocycles. The first-order valence-corrected chi connectivity index (χ1v) is 12.9. The number of hydrogen-bond donors (Lipinski definition) is 0. The van der Waals surface area contributed by atoms with E-state index in [9.17, 15) is 4.79 Å². The minimum absolute atomic E-state index is 0.0920. The van der Waals surface area contributed by atoms with Crippen LogP contribution in [0.15, 0.2) is 69.1 Å². The van der Waals surface area contributed by atoms with Crippen molar-refractivity contribution >= 4 is 44.8 Å². The van der Waals surface area contributed by atoms with E-state index in [0.29, 0.717) is 18.0 Å². The Morgan fingerprint density at radius 1 is 1.14 bits per heavy atom. The maximum atomic E-state index is 12.9. The van der Waals surface area contributed by atoms with E-state index in [-0.39, 0.29) is 18.1 Å². The summed E-state index contributed by atoms with van der Waals surface area (Å²) in [6, 6.07) is 15.7. The van der Waals surface area contributed by atoms with Gasteiger partial charge in [0.1, 0.15) is 11.4 Å². The molecule has 0 unspecified atom stereocenters. The van der Waals surface area contributed by atoms with Gasteiger partial charge in [0.2, 0.25) is 0 Å². The van der Waals surface area contributed by atoms with E-state index >= 15 is 0 Å². The lowest BCUT2D eigenvalue weighted by Crippen LogP contribution is -2.47. The average Bonchev–Trinajstić information content (AvgIpc) is 3.43. The molecule has 5 rings (SSSR count). The van der Waals surface area contributed by atoms with Gasteiger partial charge >= 0.3 is 0 Å². The Morgan fingerprint density at radius 2 is 1.89 bits per heavy atom. The molecule has 9 heteroatoms. The maximum absolute atomic E-state index is 12.9. The zero-order valence-corrected chi connectivity index (χ0v) is 22.0. The van der Waals surface area contributed by atoms with Crippen LogP contribution < -0.4 is 4.74 Å². The lowest BCUT2D eigenvalue weighted by atomic mass is 10.1. The van der Waals surface area contributed by atoms with Gasteiger partial charge in [0.05, 0.1) is 34.4 Å². The summed E-state index contributed by atoms with van der Waals surface area (Å²) in [5.74, 6) is 0.510. The number of rotatable bonds is 4. The van der Waals surface area contributed by atoms with E-state index in [1.165, 1.54) is 11.8 Å². The van der Waals surface area contributed by atoms with Gasteiger partial charge in [-0.2, -0.15) is 10.1 Å². The van der Waals surface area contributed by atoms with Gasteiger partial charge in [-0.15, -0.1) is 0 Å². The molecule has 0 spiro atoms. The largest absolute Gasteiger partial charge is 0.496 e. The van der Waals surface area contributed by atoms with Crippen molar-refractivity contribution in [3.8, 4) is 22.7 Å². The first-order chi connectivity index (χ1) is 16.9. The number of ether oxygens (including phenoxy) is 2. The second kappa shape index (κ2) is 10.0. The van der Waals surface area contributed by atoms with Crippen LogP contribution in [0.2, 0.25) is 0 Å². The zero-order valence-electron chi connectivity index (χ0n) is 19.6. The van der Waals surface area contributed by atoms with Crippen molar-refractivity contribution in [3.63, 3.8) is 0 Å². The number of benzene rings is 2. The Labute approximate surface area is 217 Å². The minimum Gasteiger partial charge on any atom is -0.496 e. The van der Waals surface area contributed by atoms with Crippen molar-refractivity contribution in [1.29, 1.82) is 0 Å². The van der Waals surface area contributed by atoms with Gasteiger partial charge in [-0.3, -0.25) is 4.79 Å². The number of para-hydroxylation sites is 1. The van der Waals surface area contributed by atoms with Crippen molar-refractivity contribution in [2.45, 2.75) is 26.1 Å². The molecule has 2 aliphatic heterocycles. The van der Waals surface area contributed by atoms with Crippen LogP contribution >= 0.6 is 27.7 Å². The molecule has 0 N–H and O–H groups in total. The monoisotopic (exact) mass is 552 g/mol. The van der Waals surface area contributed by atoms with Crippen molar-refractivity contribution in [2.24, 2.45) is 4.99 Å². The molecular formula is C26H25BrN4O3S. The summed E-state index contributed by atoms with van der Waals surface area (Å²) in [6.45, 7) is 5.51. The number of nitrogens with zero attached hydrogens (tertiary/aromatic N) is 4. The lowest BCUT2D eigenvalue weighted by Gasteiger charge is -2.35. The molecule has 3 heterocycles. The summed E-state index contributed by atoms with van der Waals surface area (Å²) in [7, 11) is 1.64. The van der Waals surface area contributed by atoms with E-state index in [2.05, 4.69) is 25.8 Å². The number of methoxy groups -OCH3 is 1. The number of aromatic nitrogens is 2. The summed E-state index contributed by atoms with van der Waals surface area (Å²) in [5.41, 5.74) is 3.44. The molecule has 1 saturated heterocycles. The van der Waals surface area contributed by atoms with Crippen molar-refractivity contribution < 1.29 is 14.3 Å². The fourth-order valence-corrected chi connectivity index (χ4v) is 5.72. The van der Waals surface area contributed by atoms with E-state index in [1.807, 2.05) is 79.3 Å². The van der Waals surface area contributed by atoms with E-state index < -0.39 is 0 Å². The topological polar surface area (TPSA) is 68.9 Å². The fraction of sp³-hybridized carbons (Fsp3) is 0.269. The van der Waals surface area contributed by atoms with Gasteiger partial charge in [0.25, 0.3) is 5.91 Å². The number of amidine groups is 1. The first-order valence-electron chi connectivity index (χ1n) is 11.3. The molecule has 3 aromatic rings. The van der Waals surface area contributed by atoms with E-state index in [4.69, 9.17) is 14.6 Å². The van der Waals surface area contributed by atoms with Crippen LogP contribution in [0.5, 0.6) is 5.75 Å². The standard InChI is InChI=1S/C26H25BrN4O3S/c1-16-13-30(14-17(2)34-16)26-28-25(32)23(35-26)12-19-15-31(20-7-5-4-6-8-20)29-24(19)18-9-10-22(33-3)21(27)11-18/h4-12,15-17H,13-14H2,1-3H3/b23-12-/t16-,17+. The summed E-state index contributed by atoms with van der Waals surface area (Å²) in [4.78, 5) is 19.9. The summed E-state index contributed by atoms with van der Waals surface area (Å²) < 4.78 is 13.9. The van der Waals surface area contributed by atoms with Crippen LogP contribution in [-0.4, -0.2) is 58.2 Å². The maximum Gasteiger partial charge on any atom is 0.286 e. The van der Waals surface area contributed by atoms with Crippen molar-refractivity contribution in [2.75, 3.05) is 20.2 Å². The molecule has 7 nitrogen and oxygen atoms in total. The molecule has 35 heavy (non-hydrogen) atoms. The van der Waals surface area contributed by atoms with Crippen LogP contribution in [0.25, 0.3) is 23.0 Å². The Balaban J connectivity index is 1.51. The van der Waals surface area contributed by atoms with Crippen LogP contribution in [0, 0.1) is 0 Å². The fourth-order valence-electron chi connectivity index (χ4n) is 4.25. The highest BCUT2D eigenvalue weighted by atomic mass is 79.9. The number of aliphatic imine (C=N–C) groups is 1. The molecular weight excluding hydrogens is 528 g/mol. The van der Waals surface area contributed by atoms with Gasteiger partial charge in [-0.1, -0.05) is 18.2 Å². The number of carbonyl (C=O) groups is 1. The van der Waals surface area contributed by atoms with Gasteiger partial charge in [-0.25, -0.2) is 4.68 Å². The molecule has 2 atom stereocenters. The number of morpholine rings is 1. The third-order valence-corrected chi connectivity index (χ3v) is 7.44. The SMILES string of the molecule is COc1ccc(-c2nn(-c3ccccc3)cc2/C=C2\SC(N3C[C@@H](C)O[C@@H](C)C3)=NC2=O)cc1Br. The van der Waals surface area contributed by atoms with Crippen molar-refractivity contribution in [1.82, 2.24) is 14.7 Å². The molecule has 0 radical (unpaired) electrons. The predicted octanol–water partition coefficient (Wildman–Crippen LogP) is 5.39. The number of carbonyl (C=O) groups excluding carboxylic acids is 1. The lowest BCUT2D eigenvalue weighted by molar-refractivity contribution is -0.113. The molecule has 1 fully saturated rings. The van der Waals surface area contributed by atoms with Crippen molar-refractivity contribution in [3.05, 3.63) is 69.7 Å². The van der Waals surface area contributed by atoms with Gasteiger partial charge in [0, 0.05) is 30.4 Å².